The fourth-order valence-electron chi connectivity index (χ4n) is 2.58. The largest absolute Gasteiger partial charge is 0.320 e. The van der Waals surface area contributed by atoms with Crippen molar-refractivity contribution >= 4 is 33.0 Å². The number of anilines is 1. The third kappa shape index (κ3) is 3.66. The van der Waals surface area contributed by atoms with Crippen LogP contribution in [0.3, 0.4) is 0 Å². The van der Waals surface area contributed by atoms with Crippen molar-refractivity contribution in [1.29, 1.82) is 0 Å². The van der Waals surface area contributed by atoms with Gasteiger partial charge < -0.3 is 5.32 Å². The van der Waals surface area contributed by atoms with Crippen LogP contribution in [0.4, 0.5) is 5.69 Å². The molecule has 0 aliphatic carbocycles. The van der Waals surface area contributed by atoms with E-state index in [-0.39, 0.29) is 10.8 Å². The normalized spacial score (nSPS) is 16.9. The number of aromatic nitrogens is 1. The summed E-state index contributed by atoms with van der Waals surface area (Å²) in [4.78, 5) is 16.7. The van der Waals surface area contributed by atoms with Crippen LogP contribution in [-0.2, 0) is 10.0 Å². The second-order valence-corrected chi connectivity index (χ2v) is 8.78. The number of rotatable bonds is 4. The summed E-state index contributed by atoms with van der Waals surface area (Å²) in [6.07, 6.45) is 4.90. The van der Waals surface area contributed by atoms with Crippen LogP contribution in [0, 0.1) is 5.92 Å². The Bertz CT molecular complexity index is 810. The van der Waals surface area contributed by atoms with Gasteiger partial charge in [0.25, 0.3) is 5.91 Å². The fourth-order valence-corrected chi connectivity index (χ4v) is 5.20. The molecule has 3 heterocycles. The Labute approximate surface area is 145 Å². The second kappa shape index (κ2) is 7.00. The Balaban J connectivity index is 1.74. The molecular formula is C16H19N3O3S2. The van der Waals surface area contributed by atoms with E-state index in [9.17, 15) is 13.2 Å². The maximum Gasteiger partial charge on any atom is 0.265 e. The van der Waals surface area contributed by atoms with Gasteiger partial charge in [-0.3, -0.25) is 9.78 Å². The van der Waals surface area contributed by atoms with E-state index in [0.717, 1.165) is 24.2 Å². The Morgan fingerprint density at radius 2 is 2.12 bits per heavy atom. The highest BCUT2D eigenvalue weighted by Gasteiger charge is 2.29. The number of carbonyl (C=O) groups excluding carboxylic acids is 1. The molecule has 0 radical (unpaired) electrons. The Morgan fingerprint density at radius 1 is 1.38 bits per heavy atom. The topological polar surface area (TPSA) is 79.4 Å². The lowest BCUT2D eigenvalue weighted by Crippen LogP contribution is -2.37. The molecule has 0 spiro atoms. The number of thiophene rings is 1. The first-order chi connectivity index (χ1) is 11.5. The number of sulfonamides is 1. The van der Waals surface area contributed by atoms with Crippen molar-refractivity contribution in [2.24, 2.45) is 5.92 Å². The van der Waals surface area contributed by atoms with Crippen LogP contribution >= 0.6 is 11.3 Å². The lowest BCUT2D eigenvalue weighted by molar-refractivity contribution is 0.103. The van der Waals surface area contributed by atoms with E-state index in [1.165, 1.54) is 21.9 Å². The zero-order valence-corrected chi connectivity index (χ0v) is 14.9. The van der Waals surface area contributed by atoms with Crippen LogP contribution in [0.25, 0.3) is 0 Å². The summed E-state index contributed by atoms with van der Waals surface area (Å²) < 4.78 is 26.9. The lowest BCUT2D eigenvalue weighted by atomic mass is 10.0. The molecule has 1 amide bonds. The molecule has 0 saturated carbocycles. The summed E-state index contributed by atoms with van der Waals surface area (Å²) in [6, 6.07) is 4.89. The van der Waals surface area contributed by atoms with Gasteiger partial charge in [-0.25, -0.2) is 8.42 Å². The third-order valence-corrected chi connectivity index (χ3v) is 7.05. The van der Waals surface area contributed by atoms with Crippen molar-refractivity contribution in [2.45, 2.75) is 24.7 Å². The fraction of sp³-hybridized carbons (Fsp3) is 0.375. The van der Waals surface area contributed by atoms with Gasteiger partial charge in [0.1, 0.15) is 0 Å². The van der Waals surface area contributed by atoms with Crippen LogP contribution in [0.2, 0.25) is 0 Å². The van der Waals surface area contributed by atoms with E-state index in [2.05, 4.69) is 17.2 Å². The van der Waals surface area contributed by atoms with E-state index < -0.39 is 10.0 Å². The second-order valence-electron chi connectivity index (χ2n) is 5.93. The van der Waals surface area contributed by atoms with E-state index >= 15 is 0 Å². The molecule has 2 aromatic rings. The van der Waals surface area contributed by atoms with Gasteiger partial charge in [0.15, 0.2) is 0 Å². The molecule has 0 bridgehead atoms. The highest BCUT2D eigenvalue weighted by Crippen LogP contribution is 2.27. The van der Waals surface area contributed by atoms with Crippen LogP contribution in [0.15, 0.2) is 40.9 Å². The van der Waals surface area contributed by atoms with Gasteiger partial charge in [0.2, 0.25) is 10.0 Å². The molecule has 1 N–H and O–H groups in total. The number of hydrogen-bond donors (Lipinski definition) is 1. The monoisotopic (exact) mass is 365 g/mol. The molecule has 128 valence electrons. The van der Waals surface area contributed by atoms with Gasteiger partial charge in [0, 0.05) is 24.7 Å². The molecule has 0 aromatic carbocycles. The van der Waals surface area contributed by atoms with E-state index in [0.29, 0.717) is 29.6 Å². The van der Waals surface area contributed by atoms with Gasteiger partial charge in [-0.2, -0.15) is 4.31 Å². The van der Waals surface area contributed by atoms with Crippen molar-refractivity contribution in [3.63, 3.8) is 0 Å². The molecule has 3 rings (SSSR count). The Morgan fingerprint density at radius 3 is 2.79 bits per heavy atom. The predicted molar refractivity (Wildman–Crippen MR) is 93.7 cm³/mol. The minimum Gasteiger partial charge on any atom is -0.320 e. The molecule has 8 heteroatoms. The van der Waals surface area contributed by atoms with E-state index in [4.69, 9.17) is 0 Å². The van der Waals surface area contributed by atoms with Crippen LogP contribution in [-0.4, -0.2) is 36.7 Å². The summed E-state index contributed by atoms with van der Waals surface area (Å²) in [5.41, 5.74) is 0.574. The van der Waals surface area contributed by atoms with Crippen LogP contribution < -0.4 is 5.32 Å². The lowest BCUT2D eigenvalue weighted by Gasteiger charge is -2.29. The summed E-state index contributed by atoms with van der Waals surface area (Å²) in [5, 5.41) is 4.24. The molecule has 1 aliphatic heterocycles. The smallest absolute Gasteiger partial charge is 0.265 e. The maximum absolute atomic E-state index is 12.7. The molecule has 24 heavy (non-hydrogen) atoms. The summed E-state index contributed by atoms with van der Waals surface area (Å²) in [5.74, 6) is 0.224. The summed E-state index contributed by atoms with van der Waals surface area (Å²) in [7, 11) is -3.52. The van der Waals surface area contributed by atoms with Crippen molar-refractivity contribution in [3.05, 3.63) is 40.8 Å². The summed E-state index contributed by atoms with van der Waals surface area (Å²) >= 11 is 1.13. The van der Waals surface area contributed by atoms with Gasteiger partial charge in [-0.05, 0) is 37.0 Å². The zero-order chi connectivity index (χ0) is 17.2. The van der Waals surface area contributed by atoms with Gasteiger partial charge in [-0.1, -0.05) is 6.92 Å². The predicted octanol–water partition coefficient (Wildman–Crippen LogP) is 2.82. The number of piperidine rings is 1. The molecule has 0 unspecified atom stereocenters. The average Bonchev–Trinajstić information content (AvgIpc) is 3.07. The maximum atomic E-state index is 12.7. The Kier molecular flexibility index (Phi) is 4.98. The minimum absolute atomic E-state index is 0.193. The number of pyridine rings is 1. The van der Waals surface area contributed by atoms with Crippen molar-refractivity contribution in [1.82, 2.24) is 9.29 Å². The molecule has 2 aromatic heterocycles. The molecule has 1 aliphatic rings. The molecule has 0 atom stereocenters. The molecule has 6 nitrogen and oxygen atoms in total. The highest BCUT2D eigenvalue weighted by atomic mass is 32.2. The Hall–Kier alpha value is -1.77. The van der Waals surface area contributed by atoms with Crippen molar-refractivity contribution < 1.29 is 13.2 Å². The van der Waals surface area contributed by atoms with Crippen molar-refractivity contribution in [2.75, 3.05) is 18.4 Å². The van der Waals surface area contributed by atoms with E-state index in [1.54, 1.807) is 18.3 Å². The minimum atomic E-state index is -3.52. The van der Waals surface area contributed by atoms with Gasteiger partial charge >= 0.3 is 0 Å². The van der Waals surface area contributed by atoms with Crippen LogP contribution in [0.5, 0.6) is 0 Å². The number of carbonyl (C=O) groups is 1. The molecule has 1 fully saturated rings. The van der Waals surface area contributed by atoms with Crippen LogP contribution in [0.1, 0.15) is 29.4 Å². The molecular weight excluding hydrogens is 346 g/mol. The SMILES string of the molecule is CC1CCN(S(=O)(=O)c2csc(C(=O)Nc3cccnc3)c2)CC1. The van der Waals surface area contributed by atoms with Crippen molar-refractivity contribution in [3.8, 4) is 0 Å². The first-order valence-electron chi connectivity index (χ1n) is 7.77. The zero-order valence-electron chi connectivity index (χ0n) is 13.3. The third-order valence-electron chi connectivity index (χ3n) is 4.10. The number of nitrogens with zero attached hydrogens (tertiary/aromatic N) is 2. The summed E-state index contributed by atoms with van der Waals surface area (Å²) in [6.45, 7) is 3.21. The van der Waals surface area contributed by atoms with Gasteiger partial charge in [-0.15, -0.1) is 11.3 Å². The van der Waals surface area contributed by atoms with Gasteiger partial charge in [0.05, 0.1) is 21.7 Å². The number of amides is 1. The average molecular weight is 365 g/mol. The van der Waals surface area contributed by atoms with E-state index in [1.807, 2.05) is 0 Å². The standard InChI is InChI=1S/C16H19N3O3S2/c1-12-4-7-19(8-5-12)24(21,22)14-9-15(23-11-14)16(20)18-13-3-2-6-17-10-13/h2-3,6,9-12H,4-5,7-8H2,1H3,(H,18,20). The highest BCUT2D eigenvalue weighted by molar-refractivity contribution is 7.89. The quantitative estimate of drug-likeness (QED) is 0.903. The first-order valence-corrected chi connectivity index (χ1v) is 10.1. The molecule has 1 saturated heterocycles. The number of hydrogen-bond acceptors (Lipinski definition) is 5. The first kappa shape index (κ1) is 17.1. The number of nitrogens with one attached hydrogen (secondary N) is 1.